The topological polar surface area (TPSA) is 64.0 Å². The summed E-state index contributed by atoms with van der Waals surface area (Å²) in [6.45, 7) is -0.314. The van der Waals surface area contributed by atoms with Gasteiger partial charge in [0.1, 0.15) is 11.4 Å². The van der Waals surface area contributed by atoms with Crippen LogP contribution >= 0.6 is 22.7 Å². The molecule has 3 heterocycles. The molecule has 10 heteroatoms. The molecule has 0 unspecified atom stereocenters. The minimum absolute atomic E-state index is 0.0710. The molecular formula is C22H14F3N3O2S2. The molecule has 4 aromatic rings. The number of fused-ring (bicyclic) bond motifs is 1. The van der Waals surface area contributed by atoms with Crippen LogP contribution in [0.5, 0.6) is 0 Å². The number of amides is 1. The van der Waals surface area contributed by atoms with Crippen molar-refractivity contribution in [1.82, 2.24) is 14.9 Å². The van der Waals surface area contributed by atoms with Gasteiger partial charge in [0.05, 0.1) is 23.8 Å². The van der Waals surface area contributed by atoms with E-state index in [4.69, 9.17) is 0 Å². The quantitative estimate of drug-likeness (QED) is 0.448. The van der Waals surface area contributed by atoms with E-state index in [-0.39, 0.29) is 24.2 Å². The molecule has 0 aliphatic carbocycles. The molecule has 0 saturated carbocycles. The van der Waals surface area contributed by atoms with Crippen LogP contribution in [-0.4, -0.2) is 22.0 Å². The van der Waals surface area contributed by atoms with Gasteiger partial charge in [0.25, 0.3) is 5.56 Å². The minimum atomic E-state index is -4.44. The number of carbonyl (C=O) groups is 1. The minimum Gasteiger partial charge on any atom is -0.344 e. The highest BCUT2D eigenvalue weighted by atomic mass is 32.1. The van der Waals surface area contributed by atoms with Crippen molar-refractivity contribution in [3.8, 4) is 22.3 Å². The third-order valence-electron chi connectivity index (χ3n) is 4.46. The second-order valence-corrected chi connectivity index (χ2v) is 8.45. The van der Waals surface area contributed by atoms with Crippen molar-refractivity contribution in [1.29, 1.82) is 0 Å². The van der Waals surface area contributed by atoms with E-state index in [1.54, 1.807) is 0 Å². The molecule has 1 amide bonds. The smallest absolute Gasteiger partial charge is 0.344 e. The first-order chi connectivity index (χ1) is 15.3. The zero-order chi connectivity index (χ0) is 22.7. The predicted octanol–water partition coefficient (Wildman–Crippen LogP) is 4.37. The Morgan fingerprint density at radius 2 is 2.03 bits per heavy atom. The van der Waals surface area contributed by atoms with E-state index in [1.807, 2.05) is 22.9 Å². The number of carbonyl (C=O) groups excluding carboxylic acids is 1. The van der Waals surface area contributed by atoms with Gasteiger partial charge >= 0.3 is 6.18 Å². The fourth-order valence-corrected chi connectivity index (χ4v) is 4.69. The number of halogens is 3. The van der Waals surface area contributed by atoms with Gasteiger partial charge in [-0.05, 0) is 29.6 Å². The second kappa shape index (κ2) is 8.98. The van der Waals surface area contributed by atoms with Crippen LogP contribution in [0.15, 0.2) is 58.3 Å². The Morgan fingerprint density at radius 1 is 1.19 bits per heavy atom. The van der Waals surface area contributed by atoms with Gasteiger partial charge in [-0.3, -0.25) is 14.2 Å². The van der Waals surface area contributed by atoms with Gasteiger partial charge in [-0.1, -0.05) is 24.0 Å². The van der Waals surface area contributed by atoms with Crippen molar-refractivity contribution in [2.24, 2.45) is 0 Å². The average Bonchev–Trinajstić information content (AvgIpc) is 3.43. The fraction of sp³-hybridized carbons (Fsp3) is 0.136. The second-order valence-electron chi connectivity index (χ2n) is 6.64. The SMILES string of the molecule is O=C(Cn1cnc2scc(-c3cccs3)c2c1=O)NCC#Cc1cccc(C(F)(F)F)c1. The van der Waals surface area contributed by atoms with E-state index in [1.165, 1.54) is 45.7 Å². The molecule has 0 fully saturated rings. The Kier molecular flexibility index (Phi) is 6.12. The van der Waals surface area contributed by atoms with Crippen LogP contribution in [0.25, 0.3) is 20.7 Å². The number of nitrogens with zero attached hydrogens (tertiary/aromatic N) is 2. The van der Waals surface area contributed by atoms with Crippen LogP contribution in [0.3, 0.4) is 0 Å². The molecular weight excluding hydrogens is 459 g/mol. The Morgan fingerprint density at radius 3 is 2.78 bits per heavy atom. The number of hydrogen-bond donors (Lipinski definition) is 1. The van der Waals surface area contributed by atoms with E-state index < -0.39 is 17.6 Å². The largest absolute Gasteiger partial charge is 0.416 e. The molecule has 32 heavy (non-hydrogen) atoms. The molecule has 1 aromatic carbocycles. The fourth-order valence-electron chi connectivity index (χ4n) is 2.97. The molecule has 0 atom stereocenters. The summed E-state index contributed by atoms with van der Waals surface area (Å²) < 4.78 is 39.5. The van der Waals surface area contributed by atoms with Crippen molar-refractivity contribution < 1.29 is 18.0 Å². The monoisotopic (exact) mass is 473 g/mol. The number of hydrogen-bond acceptors (Lipinski definition) is 5. The third kappa shape index (κ3) is 4.74. The molecule has 0 spiro atoms. The summed E-state index contributed by atoms with van der Waals surface area (Å²) in [7, 11) is 0. The Bertz CT molecular complexity index is 1390. The van der Waals surface area contributed by atoms with Crippen LogP contribution in [0, 0.1) is 11.8 Å². The summed E-state index contributed by atoms with van der Waals surface area (Å²) in [5, 5.41) is 6.80. The van der Waals surface area contributed by atoms with E-state index in [2.05, 4.69) is 22.1 Å². The molecule has 1 N–H and O–H groups in total. The first-order valence-electron chi connectivity index (χ1n) is 9.26. The highest BCUT2D eigenvalue weighted by molar-refractivity contribution is 7.18. The lowest BCUT2D eigenvalue weighted by molar-refractivity contribution is -0.137. The molecule has 0 saturated heterocycles. The number of rotatable bonds is 4. The molecule has 0 bridgehead atoms. The maximum atomic E-state index is 12.9. The third-order valence-corrected chi connectivity index (χ3v) is 6.25. The number of benzene rings is 1. The normalized spacial score (nSPS) is 11.2. The molecule has 3 aromatic heterocycles. The zero-order valence-corrected chi connectivity index (χ0v) is 17.9. The van der Waals surface area contributed by atoms with Crippen molar-refractivity contribution in [2.45, 2.75) is 12.7 Å². The van der Waals surface area contributed by atoms with Crippen LogP contribution in [-0.2, 0) is 17.5 Å². The molecule has 4 rings (SSSR count). The van der Waals surface area contributed by atoms with Crippen LogP contribution in [0.2, 0.25) is 0 Å². The number of nitrogens with one attached hydrogen (secondary N) is 1. The number of alkyl halides is 3. The molecule has 0 aliphatic rings. The predicted molar refractivity (Wildman–Crippen MR) is 119 cm³/mol. The summed E-state index contributed by atoms with van der Waals surface area (Å²) in [6.07, 6.45) is -3.12. The van der Waals surface area contributed by atoms with Crippen molar-refractivity contribution in [3.63, 3.8) is 0 Å². The maximum Gasteiger partial charge on any atom is 0.416 e. The van der Waals surface area contributed by atoms with Gasteiger partial charge in [-0.25, -0.2) is 4.98 Å². The van der Waals surface area contributed by atoms with Crippen molar-refractivity contribution in [3.05, 3.63) is 75.0 Å². The van der Waals surface area contributed by atoms with Gasteiger partial charge in [0.2, 0.25) is 5.91 Å². The lowest BCUT2D eigenvalue weighted by atomic mass is 10.1. The molecule has 162 valence electrons. The number of aromatic nitrogens is 2. The summed E-state index contributed by atoms with van der Waals surface area (Å²) >= 11 is 2.88. The summed E-state index contributed by atoms with van der Waals surface area (Å²) in [5.41, 5.74) is -0.117. The maximum absolute atomic E-state index is 12.9. The highest BCUT2D eigenvalue weighted by Gasteiger charge is 2.30. The summed E-state index contributed by atoms with van der Waals surface area (Å²) in [6, 6.07) is 8.45. The Labute approximate surface area is 188 Å². The lowest BCUT2D eigenvalue weighted by Crippen LogP contribution is -2.32. The first-order valence-corrected chi connectivity index (χ1v) is 11.0. The van der Waals surface area contributed by atoms with E-state index in [0.717, 1.165) is 22.6 Å². The van der Waals surface area contributed by atoms with Gasteiger partial charge in [-0.15, -0.1) is 22.7 Å². The summed E-state index contributed by atoms with van der Waals surface area (Å²) in [5.74, 6) is 4.75. The molecule has 0 radical (unpaired) electrons. The van der Waals surface area contributed by atoms with Gasteiger partial charge in [-0.2, -0.15) is 13.2 Å². The average molecular weight is 474 g/mol. The van der Waals surface area contributed by atoms with Gasteiger partial charge in [0.15, 0.2) is 0 Å². The Balaban J connectivity index is 1.43. The van der Waals surface area contributed by atoms with E-state index in [9.17, 15) is 22.8 Å². The van der Waals surface area contributed by atoms with Gasteiger partial charge < -0.3 is 5.32 Å². The van der Waals surface area contributed by atoms with Crippen LogP contribution in [0.4, 0.5) is 13.2 Å². The first kappa shape index (κ1) is 21.8. The highest BCUT2D eigenvalue weighted by Crippen LogP contribution is 2.33. The van der Waals surface area contributed by atoms with Crippen molar-refractivity contribution >= 4 is 38.8 Å². The summed E-state index contributed by atoms with van der Waals surface area (Å²) in [4.78, 5) is 31.0. The van der Waals surface area contributed by atoms with Crippen molar-refractivity contribution in [2.75, 3.05) is 6.54 Å². The van der Waals surface area contributed by atoms with Gasteiger partial charge in [0, 0.05) is 21.4 Å². The van der Waals surface area contributed by atoms with Crippen LogP contribution < -0.4 is 10.9 Å². The molecule has 5 nitrogen and oxygen atoms in total. The number of thiophene rings is 2. The van der Waals surface area contributed by atoms with Crippen LogP contribution in [0.1, 0.15) is 11.1 Å². The Hall–Kier alpha value is -3.42. The molecule has 0 aliphatic heterocycles. The zero-order valence-electron chi connectivity index (χ0n) is 16.3. The van der Waals surface area contributed by atoms with E-state index in [0.29, 0.717) is 10.2 Å². The van der Waals surface area contributed by atoms with E-state index >= 15 is 0 Å². The lowest BCUT2D eigenvalue weighted by Gasteiger charge is -2.06. The standard InChI is InChI=1S/C22H14F3N3O2S2/c23-22(24,25)15-6-1-4-14(10-15)5-2-8-26-18(29)11-28-13-27-20-19(21(28)30)16(12-32-20)17-7-3-9-31-17/h1,3-4,6-7,9-10,12-13H,8,11H2,(H,26,29).